The van der Waals surface area contributed by atoms with Crippen LogP contribution in [0.3, 0.4) is 0 Å². The van der Waals surface area contributed by atoms with Crippen LogP contribution in [-0.4, -0.2) is 76.7 Å². The van der Waals surface area contributed by atoms with Crippen LogP contribution >= 0.6 is 0 Å². The van der Waals surface area contributed by atoms with E-state index in [1.807, 2.05) is 0 Å². The van der Waals surface area contributed by atoms with Crippen LogP contribution in [-0.2, 0) is 24.3 Å². The van der Waals surface area contributed by atoms with Gasteiger partial charge in [0.25, 0.3) is 10.1 Å². The third kappa shape index (κ3) is 4.66. The van der Waals surface area contributed by atoms with Crippen molar-refractivity contribution >= 4 is 27.6 Å². The van der Waals surface area contributed by atoms with E-state index in [1.165, 1.54) is 36.2 Å². The minimum Gasteiger partial charge on any atom is -0.444 e. The summed E-state index contributed by atoms with van der Waals surface area (Å²) in [5, 5.41) is 0. The molecule has 0 radical (unpaired) electrons. The Balaban J connectivity index is 1.69. The molecule has 9 nitrogen and oxygen atoms in total. The summed E-state index contributed by atoms with van der Waals surface area (Å²) in [6, 6.07) is 4.10. The number of nitrogens with zero attached hydrogens (tertiary/aromatic N) is 2. The highest BCUT2D eigenvalue weighted by Gasteiger charge is 2.45. The smallest absolute Gasteiger partial charge is 0.414 e. The van der Waals surface area contributed by atoms with E-state index in [-0.39, 0.29) is 37.3 Å². The number of benzene rings is 1. The maximum atomic E-state index is 14.8. The van der Waals surface area contributed by atoms with Crippen LogP contribution in [0.5, 0.6) is 0 Å². The molecule has 1 aromatic rings. The first-order valence-corrected chi connectivity index (χ1v) is 10.9. The van der Waals surface area contributed by atoms with E-state index in [4.69, 9.17) is 18.8 Å². The molecule has 1 aromatic carbocycles. The number of halogens is 2. The fourth-order valence-electron chi connectivity index (χ4n) is 3.72. The van der Waals surface area contributed by atoms with Crippen molar-refractivity contribution in [2.45, 2.75) is 30.9 Å². The van der Waals surface area contributed by atoms with Crippen molar-refractivity contribution in [3.8, 4) is 0 Å². The van der Waals surface area contributed by atoms with E-state index in [9.17, 15) is 22.0 Å². The van der Waals surface area contributed by atoms with Crippen LogP contribution in [0.15, 0.2) is 18.2 Å². The summed E-state index contributed by atoms with van der Waals surface area (Å²) >= 11 is 0. The van der Waals surface area contributed by atoms with E-state index in [2.05, 4.69) is 0 Å². The lowest BCUT2D eigenvalue weighted by Crippen LogP contribution is -2.56. The third-order valence-electron chi connectivity index (χ3n) is 5.43. The lowest BCUT2D eigenvalue weighted by Gasteiger charge is -2.43. The topological polar surface area (TPSA) is 106 Å². The third-order valence-corrected chi connectivity index (χ3v) is 6.19. The molecule has 1 unspecified atom stereocenters. The second-order valence-corrected chi connectivity index (χ2v) is 8.78. The molecule has 2 saturated heterocycles. The van der Waals surface area contributed by atoms with Crippen molar-refractivity contribution < 1.29 is 40.8 Å². The molecule has 0 saturated carbocycles. The molecule has 168 valence electrons. The van der Waals surface area contributed by atoms with Gasteiger partial charge in [0.05, 0.1) is 30.2 Å². The van der Waals surface area contributed by atoms with Crippen molar-refractivity contribution in [1.82, 2.24) is 0 Å². The summed E-state index contributed by atoms with van der Waals surface area (Å²) in [6.45, 7) is 0.205. The fourth-order valence-corrected chi connectivity index (χ4v) is 4.28. The minimum atomic E-state index is -4.18. The van der Waals surface area contributed by atoms with E-state index >= 15 is 0 Å². The Kier molecular flexibility index (Phi) is 6.51. The first-order chi connectivity index (χ1) is 14.1. The standard InChI is InChI=1S/C18H24F2N2O7S/c1-27-18(28-2)6-7-21(11-16(18)20)15-4-3-12(9-14(15)19)22-10-13(29-17(22)23)5-8-30(24,25)26/h3-4,9,13,16H,5-8,10-11H2,1-2H3,(H,24,25,26)/t13-,16?/m1/s1. The van der Waals surface area contributed by atoms with Gasteiger partial charge in [0, 0.05) is 33.6 Å². The zero-order valence-electron chi connectivity index (χ0n) is 16.6. The number of carbonyl (C=O) groups excluding carboxylic acids is 1. The van der Waals surface area contributed by atoms with Crippen molar-refractivity contribution in [3.05, 3.63) is 24.0 Å². The highest BCUT2D eigenvalue weighted by atomic mass is 32.2. The van der Waals surface area contributed by atoms with E-state index < -0.39 is 45.8 Å². The van der Waals surface area contributed by atoms with Crippen LogP contribution < -0.4 is 9.80 Å². The average molecular weight is 450 g/mol. The molecule has 3 rings (SSSR count). The van der Waals surface area contributed by atoms with E-state index in [1.54, 1.807) is 0 Å². The van der Waals surface area contributed by atoms with Gasteiger partial charge in [0.15, 0.2) is 6.17 Å². The number of piperidine rings is 1. The second kappa shape index (κ2) is 8.61. The maximum Gasteiger partial charge on any atom is 0.414 e. The molecule has 2 heterocycles. The molecule has 30 heavy (non-hydrogen) atoms. The Morgan fingerprint density at radius 2 is 2.00 bits per heavy atom. The summed E-state index contributed by atoms with van der Waals surface area (Å²) in [5.41, 5.74) is 0.408. The van der Waals surface area contributed by atoms with Gasteiger partial charge in [-0.1, -0.05) is 0 Å². The fraction of sp³-hybridized carbons (Fsp3) is 0.611. The number of hydrogen-bond acceptors (Lipinski definition) is 7. The lowest BCUT2D eigenvalue weighted by atomic mass is 10.0. The van der Waals surface area contributed by atoms with Gasteiger partial charge in [-0.3, -0.25) is 9.45 Å². The maximum absolute atomic E-state index is 14.8. The zero-order chi connectivity index (χ0) is 22.1. The quantitative estimate of drug-likeness (QED) is 0.497. The normalized spacial score (nSPS) is 24.2. The molecule has 1 N–H and O–H groups in total. The molecular weight excluding hydrogens is 426 g/mol. The molecule has 0 bridgehead atoms. The Morgan fingerprint density at radius 1 is 1.30 bits per heavy atom. The number of hydrogen-bond donors (Lipinski definition) is 1. The van der Waals surface area contributed by atoms with Gasteiger partial charge >= 0.3 is 6.09 Å². The number of ether oxygens (including phenoxy) is 3. The molecule has 0 spiro atoms. The predicted molar refractivity (Wildman–Crippen MR) is 104 cm³/mol. The molecule has 0 aliphatic carbocycles. The van der Waals surface area contributed by atoms with E-state index in [0.29, 0.717) is 6.54 Å². The lowest BCUT2D eigenvalue weighted by molar-refractivity contribution is -0.249. The summed E-state index contributed by atoms with van der Waals surface area (Å²) in [5.74, 6) is -2.55. The Labute approximate surface area is 173 Å². The van der Waals surface area contributed by atoms with Gasteiger partial charge in [0.1, 0.15) is 11.9 Å². The van der Waals surface area contributed by atoms with Crippen molar-refractivity contribution in [2.75, 3.05) is 49.4 Å². The number of alkyl halides is 1. The molecule has 2 atom stereocenters. The molecule has 1 amide bonds. The highest BCUT2D eigenvalue weighted by molar-refractivity contribution is 7.85. The monoisotopic (exact) mass is 450 g/mol. The van der Waals surface area contributed by atoms with Gasteiger partial charge in [-0.25, -0.2) is 13.6 Å². The SMILES string of the molecule is COC1(OC)CCN(c2ccc(N3C[C@@H](CCS(=O)(=O)O)OC3=O)cc2F)CC1F. The van der Waals surface area contributed by atoms with Crippen LogP contribution in [0, 0.1) is 5.82 Å². The summed E-state index contributed by atoms with van der Waals surface area (Å²) in [6.07, 6.45) is -2.84. The van der Waals surface area contributed by atoms with Gasteiger partial charge in [0.2, 0.25) is 5.79 Å². The number of rotatable bonds is 7. The van der Waals surface area contributed by atoms with Crippen LogP contribution in [0.4, 0.5) is 25.0 Å². The summed E-state index contributed by atoms with van der Waals surface area (Å²) in [7, 11) is -1.46. The summed E-state index contributed by atoms with van der Waals surface area (Å²) in [4.78, 5) is 14.8. The van der Waals surface area contributed by atoms with Gasteiger partial charge < -0.3 is 19.1 Å². The van der Waals surface area contributed by atoms with Gasteiger partial charge in [-0.05, 0) is 18.2 Å². The van der Waals surface area contributed by atoms with Crippen molar-refractivity contribution in [2.24, 2.45) is 0 Å². The van der Waals surface area contributed by atoms with Crippen LogP contribution in [0.1, 0.15) is 12.8 Å². The minimum absolute atomic E-state index is 0.0214. The van der Waals surface area contributed by atoms with Crippen molar-refractivity contribution in [3.63, 3.8) is 0 Å². The Morgan fingerprint density at radius 3 is 2.57 bits per heavy atom. The van der Waals surface area contributed by atoms with Crippen LogP contribution in [0.25, 0.3) is 0 Å². The number of amides is 1. The Hall–Kier alpha value is -2.02. The van der Waals surface area contributed by atoms with Gasteiger partial charge in [-0.2, -0.15) is 8.42 Å². The highest BCUT2D eigenvalue weighted by Crippen LogP contribution is 2.34. The molecular formula is C18H24F2N2O7S. The molecule has 2 aliphatic heterocycles. The summed E-state index contributed by atoms with van der Waals surface area (Å²) < 4.78 is 75.4. The first kappa shape index (κ1) is 22.7. The largest absolute Gasteiger partial charge is 0.444 e. The molecule has 2 fully saturated rings. The number of methoxy groups -OCH3 is 2. The predicted octanol–water partition coefficient (Wildman–Crippen LogP) is 1.97. The molecule has 2 aliphatic rings. The van der Waals surface area contributed by atoms with Crippen LogP contribution in [0.2, 0.25) is 0 Å². The van der Waals surface area contributed by atoms with E-state index in [0.717, 1.165) is 6.07 Å². The molecule has 0 aromatic heterocycles. The first-order valence-electron chi connectivity index (χ1n) is 9.30. The van der Waals surface area contributed by atoms with Gasteiger partial charge in [-0.15, -0.1) is 0 Å². The second-order valence-electron chi connectivity index (χ2n) is 7.21. The average Bonchev–Trinajstić information content (AvgIpc) is 3.07. The zero-order valence-corrected chi connectivity index (χ0v) is 17.4. The number of cyclic esters (lactones) is 1. The van der Waals surface area contributed by atoms with Crippen molar-refractivity contribution in [1.29, 1.82) is 0 Å². The Bertz CT molecular complexity index is 895. The molecule has 12 heteroatoms. The number of carbonyl (C=O) groups is 1. The number of anilines is 2.